The van der Waals surface area contributed by atoms with Crippen LogP contribution in [0, 0.1) is 0 Å². The van der Waals surface area contributed by atoms with Crippen LogP contribution in [0.15, 0.2) is 12.3 Å². The number of hydrogen-bond donors (Lipinski definition) is 2. The summed E-state index contributed by atoms with van der Waals surface area (Å²) in [6, 6.07) is 1.96. The topological polar surface area (TPSA) is 49.9 Å². The van der Waals surface area contributed by atoms with Crippen LogP contribution in [0.1, 0.15) is 26.5 Å². The second-order valence-corrected chi connectivity index (χ2v) is 3.88. The maximum Gasteiger partial charge on any atom is 0.0750 e. The Balaban J connectivity index is 2.20. The zero-order valence-corrected chi connectivity index (χ0v) is 9.13. The largest absolute Gasteiger partial charge is 0.375 e. The van der Waals surface area contributed by atoms with Crippen LogP contribution in [0.3, 0.4) is 0 Å². The van der Waals surface area contributed by atoms with Crippen LogP contribution < -0.4 is 5.32 Å². The highest BCUT2D eigenvalue weighted by atomic mass is 16.5. The lowest BCUT2D eigenvalue weighted by Gasteiger charge is -2.24. The van der Waals surface area contributed by atoms with Crippen LogP contribution in [-0.2, 0) is 11.3 Å². The second-order valence-electron chi connectivity index (χ2n) is 3.88. The van der Waals surface area contributed by atoms with Crippen molar-refractivity contribution in [1.82, 2.24) is 15.5 Å². The first-order chi connectivity index (χ1) is 6.64. The maximum absolute atomic E-state index is 5.56. The minimum atomic E-state index is -0.102. The van der Waals surface area contributed by atoms with Gasteiger partial charge in [-0.15, -0.1) is 0 Å². The zero-order chi connectivity index (χ0) is 10.4. The standard InChI is InChI=1S/C10H19N3O/c1-4-14-10(2,3)8-11-7-9-5-6-12-13-9/h5-6,11H,4,7-8H2,1-3H3,(H,12,13). The van der Waals surface area contributed by atoms with Crippen molar-refractivity contribution < 1.29 is 4.74 Å². The average molecular weight is 197 g/mol. The molecule has 1 aromatic heterocycles. The number of nitrogens with zero attached hydrogens (tertiary/aromatic N) is 1. The van der Waals surface area contributed by atoms with Gasteiger partial charge in [-0.25, -0.2) is 0 Å². The van der Waals surface area contributed by atoms with E-state index < -0.39 is 0 Å². The van der Waals surface area contributed by atoms with E-state index in [1.165, 1.54) is 0 Å². The number of nitrogens with one attached hydrogen (secondary N) is 2. The molecule has 0 aliphatic heterocycles. The van der Waals surface area contributed by atoms with E-state index >= 15 is 0 Å². The Morgan fingerprint density at radius 1 is 1.57 bits per heavy atom. The van der Waals surface area contributed by atoms with Gasteiger partial charge in [0, 0.05) is 31.6 Å². The second kappa shape index (κ2) is 5.12. The Bertz CT molecular complexity index is 244. The van der Waals surface area contributed by atoms with Crippen molar-refractivity contribution in [3.05, 3.63) is 18.0 Å². The fourth-order valence-corrected chi connectivity index (χ4v) is 1.32. The molecule has 4 heteroatoms. The third-order valence-electron chi connectivity index (χ3n) is 1.96. The van der Waals surface area contributed by atoms with Gasteiger partial charge in [0.2, 0.25) is 0 Å². The lowest BCUT2D eigenvalue weighted by atomic mass is 10.1. The van der Waals surface area contributed by atoms with Gasteiger partial charge in [0.1, 0.15) is 0 Å². The summed E-state index contributed by atoms with van der Waals surface area (Å²) in [7, 11) is 0. The fraction of sp³-hybridized carbons (Fsp3) is 0.700. The predicted octanol–water partition coefficient (Wildman–Crippen LogP) is 1.31. The highest BCUT2D eigenvalue weighted by Crippen LogP contribution is 2.06. The minimum Gasteiger partial charge on any atom is -0.375 e. The van der Waals surface area contributed by atoms with Gasteiger partial charge in [-0.3, -0.25) is 5.10 Å². The van der Waals surface area contributed by atoms with Gasteiger partial charge in [-0.1, -0.05) is 0 Å². The van der Waals surface area contributed by atoms with Crippen molar-refractivity contribution in [3.8, 4) is 0 Å². The molecule has 0 atom stereocenters. The Morgan fingerprint density at radius 3 is 2.93 bits per heavy atom. The molecule has 0 saturated carbocycles. The fourth-order valence-electron chi connectivity index (χ4n) is 1.32. The number of ether oxygens (including phenoxy) is 1. The zero-order valence-electron chi connectivity index (χ0n) is 9.13. The number of rotatable bonds is 6. The molecule has 2 N–H and O–H groups in total. The highest BCUT2D eigenvalue weighted by Gasteiger charge is 2.16. The molecule has 1 rings (SSSR count). The number of aromatic amines is 1. The number of aromatic nitrogens is 2. The summed E-state index contributed by atoms with van der Waals surface area (Å²) in [4.78, 5) is 0. The van der Waals surface area contributed by atoms with E-state index in [9.17, 15) is 0 Å². The molecule has 0 aliphatic carbocycles. The Labute approximate surface area is 85.0 Å². The molecule has 0 spiro atoms. The minimum absolute atomic E-state index is 0.102. The van der Waals surface area contributed by atoms with Gasteiger partial charge < -0.3 is 10.1 Å². The van der Waals surface area contributed by atoms with Gasteiger partial charge in [-0.2, -0.15) is 5.10 Å². The quantitative estimate of drug-likeness (QED) is 0.723. The van der Waals surface area contributed by atoms with E-state index in [0.29, 0.717) is 0 Å². The van der Waals surface area contributed by atoms with Gasteiger partial charge in [0.25, 0.3) is 0 Å². The van der Waals surface area contributed by atoms with Gasteiger partial charge in [-0.05, 0) is 26.8 Å². The Kier molecular flexibility index (Phi) is 4.10. The van der Waals surface area contributed by atoms with Crippen molar-refractivity contribution in [1.29, 1.82) is 0 Å². The Morgan fingerprint density at radius 2 is 2.36 bits per heavy atom. The van der Waals surface area contributed by atoms with Gasteiger partial charge in [0.15, 0.2) is 0 Å². The first-order valence-electron chi connectivity index (χ1n) is 4.97. The van der Waals surface area contributed by atoms with Crippen LogP contribution in [0.5, 0.6) is 0 Å². The molecule has 0 unspecified atom stereocenters. The van der Waals surface area contributed by atoms with Crippen LogP contribution >= 0.6 is 0 Å². The lowest BCUT2D eigenvalue weighted by Crippen LogP contribution is -2.37. The van der Waals surface area contributed by atoms with E-state index in [1.54, 1.807) is 6.20 Å². The molecule has 0 fully saturated rings. The molecule has 0 aromatic carbocycles. The van der Waals surface area contributed by atoms with Gasteiger partial charge >= 0.3 is 0 Å². The summed E-state index contributed by atoms with van der Waals surface area (Å²) in [6.45, 7) is 8.55. The number of H-pyrrole nitrogens is 1. The third-order valence-corrected chi connectivity index (χ3v) is 1.96. The van der Waals surface area contributed by atoms with E-state index in [1.807, 2.05) is 13.0 Å². The smallest absolute Gasteiger partial charge is 0.0750 e. The summed E-state index contributed by atoms with van der Waals surface area (Å²) in [5, 5.41) is 10.1. The maximum atomic E-state index is 5.56. The SMILES string of the molecule is CCOC(C)(C)CNCc1ccn[nH]1. The first-order valence-corrected chi connectivity index (χ1v) is 4.97. The van der Waals surface area contributed by atoms with Crippen LogP contribution in [0.2, 0.25) is 0 Å². The summed E-state index contributed by atoms with van der Waals surface area (Å²) >= 11 is 0. The average Bonchev–Trinajstić information content (AvgIpc) is 2.56. The molecule has 4 nitrogen and oxygen atoms in total. The summed E-state index contributed by atoms with van der Waals surface area (Å²) in [5.74, 6) is 0. The van der Waals surface area contributed by atoms with Crippen molar-refractivity contribution >= 4 is 0 Å². The summed E-state index contributed by atoms with van der Waals surface area (Å²) in [6.07, 6.45) is 1.75. The molecule has 0 radical (unpaired) electrons. The molecular weight excluding hydrogens is 178 g/mol. The first kappa shape index (κ1) is 11.2. The predicted molar refractivity (Wildman–Crippen MR) is 56.0 cm³/mol. The van der Waals surface area contributed by atoms with Crippen molar-refractivity contribution in [2.75, 3.05) is 13.2 Å². The van der Waals surface area contributed by atoms with Crippen molar-refractivity contribution in [2.24, 2.45) is 0 Å². The normalized spacial score (nSPS) is 11.9. The summed E-state index contributed by atoms with van der Waals surface area (Å²) in [5.41, 5.74) is 0.992. The molecule has 1 heterocycles. The van der Waals surface area contributed by atoms with Gasteiger partial charge in [0.05, 0.1) is 5.60 Å². The monoisotopic (exact) mass is 197 g/mol. The van der Waals surface area contributed by atoms with Crippen molar-refractivity contribution in [2.45, 2.75) is 32.9 Å². The molecular formula is C10H19N3O. The third kappa shape index (κ3) is 3.89. The van der Waals surface area contributed by atoms with Crippen LogP contribution in [-0.4, -0.2) is 29.0 Å². The molecule has 0 amide bonds. The van der Waals surface area contributed by atoms with Crippen LogP contribution in [0.25, 0.3) is 0 Å². The van der Waals surface area contributed by atoms with E-state index in [0.717, 1.165) is 25.4 Å². The molecule has 80 valence electrons. The van der Waals surface area contributed by atoms with E-state index in [-0.39, 0.29) is 5.60 Å². The highest BCUT2D eigenvalue weighted by molar-refractivity contribution is 4.96. The van der Waals surface area contributed by atoms with Crippen LogP contribution in [0.4, 0.5) is 0 Å². The summed E-state index contributed by atoms with van der Waals surface area (Å²) < 4.78 is 5.56. The molecule has 0 saturated heterocycles. The Hall–Kier alpha value is -0.870. The molecule has 0 bridgehead atoms. The number of hydrogen-bond acceptors (Lipinski definition) is 3. The molecule has 14 heavy (non-hydrogen) atoms. The lowest BCUT2D eigenvalue weighted by molar-refractivity contribution is -0.00901. The molecule has 1 aromatic rings. The molecule has 0 aliphatic rings. The van der Waals surface area contributed by atoms with Crippen molar-refractivity contribution in [3.63, 3.8) is 0 Å². The van der Waals surface area contributed by atoms with E-state index in [4.69, 9.17) is 4.74 Å². The van der Waals surface area contributed by atoms with E-state index in [2.05, 4.69) is 29.4 Å².